The minimum Gasteiger partial charge on any atom is -0.382 e. The number of anilines is 2. The van der Waals surface area contributed by atoms with Crippen molar-refractivity contribution in [1.29, 1.82) is 0 Å². The van der Waals surface area contributed by atoms with Crippen LogP contribution in [0.2, 0.25) is 5.02 Å². The number of hydrogen-bond donors (Lipinski definition) is 2. The lowest BCUT2D eigenvalue weighted by Crippen LogP contribution is -2.38. The van der Waals surface area contributed by atoms with Crippen LogP contribution < -0.4 is 16.0 Å². The van der Waals surface area contributed by atoms with Gasteiger partial charge in [0.1, 0.15) is 17.2 Å². The number of nitrogens with zero attached hydrogens (tertiary/aromatic N) is 3. The molecule has 1 aliphatic heterocycles. The molecule has 0 aromatic carbocycles. The number of aromatic nitrogens is 2. The number of rotatable bonds is 3. The Labute approximate surface area is 117 Å². The third-order valence-corrected chi connectivity index (χ3v) is 3.71. The quantitative estimate of drug-likeness (QED) is 0.867. The Morgan fingerprint density at radius 3 is 2.84 bits per heavy atom. The van der Waals surface area contributed by atoms with Crippen LogP contribution in [0.25, 0.3) is 0 Å². The molecule has 1 amide bonds. The van der Waals surface area contributed by atoms with Gasteiger partial charge in [0, 0.05) is 26.6 Å². The molecule has 0 unspecified atom stereocenters. The van der Waals surface area contributed by atoms with Crippen molar-refractivity contribution >= 4 is 29.1 Å². The van der Waals surface area contributed by atoms with E-state index in [2.05, 4.69) is 20.2 Å². The van der Waals surface area contributed by atoms with E-state index in [1.807, 2.05) is 0 Å². The largest absolute Gasteiger partial charge is 0.382 e. The molecule has 2 rings (SSSR count). The SMILES string of the molecule is CC(=O)NCC1CCN(c2ncnc(N)c2Cl)CC1. The van der Waals surface area contributed by atoms with Crippen molar-refractivity contribution in [3.05, 3.63) is 11.3 Å². The van der Waals surface area contributed by atoms with Gasteiger partial charge in [-0.15, -0.1) is 0 Å². The van der Waals surface area contributed by atoms with E-state index in [-0.39, 0.29) is 5.91 Å². The molecule has 104 valence electrons. The normalized spacial score (nSPS) is 16.4. The molecule has 1 aromatic rings. The third-order valence-electron chi connectivity index (χ3n) is 3.35. The van der Waals surface area contributed by atoms with Crippen LogP contribution in [0.5, 0.6) is 0 Å². The fourth-order valence-corrected chi connectivity index (χ4v) is 2.45. The van der Waals surface area contributed by atoms with Gasteiger partial charge in [-0.2, -0.15) is 0 Å². The van der Waals surface area contributed by atoms with E-state index in [0.29, 0.717) is 22.6 Å². The van der Waals surface area contributed by atoms with Gasteiger partial charge in [0.25, 0.3) is 0 Å². The molecular weight excluding hydrogens is 266 g/mol. The molecule has 1 fully saturated rings. The molecule has 19 heavy (non-hydrogen) atoms. The van der Waals surface area contributed by atoms with Gasteiger partial charge in [-0.25, -0.2) is 9.97 Å². The van der Waals surface area contributed by atoms with Crippen LogP contribution in [0.15, 0.2) is 6.33 Å². The van der Waals surface area contributed by atoms with E-state index in [4.69, 9.17) is 17.3 Å². The topological polar surface area (TPSA) is 84.1 Å². The second-order valence-electron chi connectivity index (χ2n) is 4.76. The van der Waals surface area contributed by atoms with Gasteiger partial charge in [0.2, 0.25) is 5.91 Å². The van der Waals surface area contributed by atoms with E-state index in [0.717, 1.165) is 32.5 Å². The summed E-state index contributed by atoms with van der Waals surface area (Å²) in [7, 11) is 0. The van der Waals surface area contributed by atoms with Gasteiger partial charge in [-0.3, -0.25) is 4.79 Å². The van der Waals surface area contributed by atoms with E-state index in [1.165, 1.54) is 6.33 Å². The van der Waals surface area contributed by atoms with Crippen LogP contribution >= 0.6 is 11.6 Å². The van der Waals surface area contributed by atoms with Crippen molar-refractivity contribution in [3.63, 3.8) is 0 Å². The number of piperidine rings is 1. The van der Waals surface area contributed by atoms with Gasteiger partial charge in [-0.05, 0) is 18.8 Å². The highest BCUT2D eigenvalue weighted by molar-refractivity contribution is 6.35. The minimum atomic E-state index is 0.0223. The summed E-state index contributed by atoms with van der Waals surface area (Å²) < 4.78 is 0. The van der Waals surface area contributed by atoms with Crippen molar-refractivity contribution in [1.82, 2.24) is 15.3 Å². The summed E-state index contributed by atoms with van der Waals surface area (Å²) in [6, 6.07) is 0. The maximum Gasteiger partial charge on any atom is 0.216 e. The standard InChI is InChI=1S/C12H18ClN5O/c1-8(19)15-6-9-2-4-18(5-3-9)12-10(13)11(14)16-7-17-12/h7,9H,2-6H2,1H3,(H,15,19)(H2,14,16,17). The molecule has 1 saturated heterocycles. The summed E-state index contributed by atoms with van der Waals surface area (Å²) in [5.74, 6) is 1.55. The molecular formula is C12H18ClN5O. The van der Waals surface area contributed by atoms with E-state index in [1.54, 1.807) is 6.92 Å². The average molecular weight is 284 g/mol. The maximum absolute atomic E-state index is 10.9. The fourth-order valence-electron chi connectivity index (χ4n) is 2.23. The minimum absolute atomic E-state index is 0.0223. The van der Waals surface area contributed by atoms with Crippen LogP contribution in [0, 0.1) is 5.92 Å². The summed E-state index contributed by atoms with van der Waals surface area (Å²) in [5, 5.41) is 3.28. The maximum atomic E-state index is 10.9. The number of hydrogen-bond acceptors (Lipinski definition) is 5. The van der Waals surface area contributed by atoms with E-state index >= 15 is 0 Å². The summed E-state index contributed by atoms with van der Waals surface area (Å²) >= 11 is 6.12. The number of carbonyl (C=O) groups excluding carboxylic acids is 1. The molecule has 1 aliphatic rings. The fraction of sp³-hybridized carbons (Fsp3) is 0.583. The Bertz CT molecular complexity index is 459. The van der Waals surface area contributed by atoms with Gasteiger partial charge >= 0.3 is 0 Å². The molecule has 3 N–H and O–H groups in total. The predicted octanol–water partition coefficient (Wildman–Crippen LogP) is 1.06. The second kappa shape index (κ2) is 6.06. The van der Waals surface area contributed by atoms with Crippen molar-refractivity contribution in [2.45, 2.75) is 19.8 Å². The predicted molar refractivity (Wildman–Crippen MR) is 75.1 cm³/mol. The molecule has 0 bridgehead atoms. The zero-order valence-electron chi connectivity index (χ0n) is 10.9. The van der Waals surface area contributed by atoms with E-state index in [9.17, 15) is 4.79 Å². The first-order valence-corrected chi connectivity index (χ1v) is 6.71. The van der Waals surface area contributed by atoms with Crippen molar-refractivity contribution in [2.75, 3.05) is 30.3 Å². The zero-order chi connectivity index (χ0) is 13.8. The molecule has 0 atom stereocenters. The Morgan fingerprint density at radius 1 is 1.53 bits per heavy atom. The lowest BCUT2D eigenvalue weighted by molar-refractivity contribution is -0.119. The first-order chi connectivity index (χ1) is 9.08. The highest BCUT2D eigenvalue weighted by atomic mass is 35.5. The Kier molecular flexibility index (Phi) is 4.42. The van der Waals surface area contributed by atoms with Crippen molar-refractivity contribution < 1.29 is 4.79 Å². The third kappa shape index (κ3) is 3.47. The second-order valence-corrected chi connectivity index (χ2v) is 5.14. The molecule has 1 aromatic heterocycles. The average Bonchev–Trinajstić information content (AvgIpc) is 2.40. The smallest absolute Gasteiger partial charge is 0.216 e. The highest BCUT2D eigenvalue weighted by Crippen LogP contribution is 2.29. The van der Waals surface area contributed by atoms with Crippen LogP contribution in [0.4, 0.5) is 11.6 Å². The molecule has 2 heterocycles. The molecule has 0 spiro atoms. The first kappa shape index (κ1) is 13.9. The molecule has 0 saturated carbocycles. The van der Waals surface area contributed by atoms with Crippen LogP contribution in [0.1, 0.15) is 19.8 Å². The Balaban J connectivity index is 1.92. The molecule has 6 nitrogen and oxygen atoms in total. The van der Waals surface area contributed by atoms with Crippen LogP contribution in [-0.4, -0.2) is 35.5 Å². The number of amides is 1. The number of nitrogen functional groups attached to an aromatic ring is 1. The zero-order valence-corrected chi connectivity index (χ0v) is 11.7. The molecule has 7 heteroatoms. The van der Waals surface area contributed by atoms with Crippen LogP contribution in [0.3, 0.4) is 0 Å². The van der Waals surface area contributed by atoms with Gasteiger partial charge < -0.3 is 16.0 Å². The lowest BCUT2D eigenvalue weighted by atomic mass is 9.97. The number of carbonyl (C=O) groups is 1. The first-order valence-electron chi connectivity index (χ1n) is 6.33. The van der Waals surface area contributed by atoms with Gasteiger partial charge in [0.15, 0.2) is 5.82 Å². The highest BCUT2D eigenvalue weighted by Gasteiger charge is 2.22. The van der Waals surface area contributed by atoms with Crippen LogP contribution in [-0.2, 0) is 4.79 Å². The monoisotopic (exact) mass is 283 g/mol. The van der Waals surface area contributed by atoms with Crippen molar-refractivity contribution in [2.24, 2.45) is 5.92 Å². The summed E-state index contributed by atoms with van der Waals surface area (Å²) in [6.45, 7) is 4.00. The summed E-state index contributed by atoms with van der Waals surface area (Å²) in [4.78, 5) is 21.1. The number of nitrogens with one attached hydrogen (secondary N) is 1. The number of nitrogens with two attached hydrogens (primary N) is 1. The van der Waals surface area contributed by atoms with Gasteiger partial charge in [-0.1, -0.05) is 11.6 Å². The van der Waals surface area contributed by atoms with Crippen molar-refractivity contribution in [3.8, 4) is 0 Å². The Morgan fingerprint density at radius 2 is 2.21 bits per heavy atom. The van der Waals surface area contributed by atoms with Gasteiger partial charge in [0.05, 0.1) is 0 Å². The summed E-state index contributed by atoms with van der Waals surface area (Å²) in [6.07, 6.45) is 3.43. The summed E-state index contributed by atoms with van der Waals surface area (Å²) in [5.41, 5.74) is 5.68. The Hall–Kier alpha value is -1.56. The van der Waals surface area contributed by atoms with E-state index < -0.39 is 0 Å². The molecule has 0 aliphatic carbocycles. The molecule has 0 radical (unpaired) electrons. The number of halogens is 1. The lowest BCUT2D eigenvalue weighted by Gasteiger charge is -2.33.